The van der Waals surface area contributed by atoms with E-state index in [0.717, 1.165) is 29.0 Å². The lowest BCUT2D eigenvalue weighted by atomic mass is 9.46. The van der Waals surface area contributed by atoms with Crippen molar-refractivity contribution in [3.05, 3.63) is 79.8 Å². The van der Waals surface area contributed by atoms with Crippen LogP contribution in [0.4, 0.5) is 5.69 Å². The Labute approximate surface area is 252 Å². The molecule has 0 unspecified atom stereocenters. The van der Waals surface area contributed by atoms with E-state index in [9.17, 15) is 29.9 Å². The van der Waals surface area contributed by atoms with Crippen molar-refractivity contribution in [3.63, 3.8) is 0 Å². The fourth-order valence-corrected chi connectivity index (χ4v) is 10.2. The molecule has 3 saturated carbocycles. The maximum Gasteiger partial charge on any atom is 0.269 e. The van der Waals surface area contributed by atoms with Crippen LogP contribution in [0, 0.1) is 38.7 Å². The third kappa shape index (κ3) is 4.09. The second-order valence-electron chi connectivity index (χ2n) is 13.1. The molecule has 10 nitrogen and oxygen atoms in total. The highest BCUT2D eigenvalue weighted by Gasteiger charge is 2.76. The lowest BCUT2D eigenvalue weighted by Gasteiger charge is -2.59. The number of ketones is 2. The smallest absolute Gasteiger partial charge is 0.269 e. The van der Waals surface area contributed by atoms with Gasteiger partial charge in [0, 0.05) is 41.5 Å². The lowest BCUT2D eigenvalue weighted by Crippen LogP contribution is -2.63. The van der Waals surface area contributed by atoms with E-state index in [1.807, 2.05) is 19.1 Å². The summed E-state index contributed by atoms with van der Waals surface area (Å²) >= 11 is 1.36. The molecule has 2 aromatic rings. The Morgan fingerprint density at radius 3 is 2.88 bits per heavy atom. The number of aliphatic hydroxyl groups excluding tert-OH is 2. The number of ether oxygens (including phenoxy) is 2. The van der Waals surface area contributed by atoms with Gasteiger partial charge in [0.05, 0.1) is 27.0 Å². The summed E-state index contributed by atoms with van der Waals surface area (Å²) in [7, 11) is 0. The van der Waals surface area contributed by atoms with Crippen molar-refractivity contribution in [2.45, 2.75) is 70.1 Å². The Bertz CT molecular complexity index is 1580. The van der Waals surface area contributed by atoms with Crippen LogP contribution in [0.25, 0.3) is 0 Å². The van der Waals surface area contributed by atoms with E-state index in [0.29, 0.717) is 24.1 Å². The molecule has 226 valence electrons. The largest absolute Gasteiger partial charge is 0.393 e. The average molecular weight is 607 g/mol. The van der Waals surface area contributed by atoms with Gasteiger partial charge in [0.1, 0.15) is 6.61 Å². The molecule has 1 aromatic carbocycles. The number of carbonyl (C=O) groups excluding carboxylic acids is 2. The SMILES string of the molecule is C[C@]12C=CC(=O)C=C1CC[C@@H]1[C@@H]2[C@@H](O)C[C@@]2(C)[C@H]1C[C@H]1O[C@H](c3cnc(Cc4cccc([N+](=O)[O-])c4)s3)O[C@]12C(=O)CO. The molecule has 7 rings (SSSR count). The Morgan fingerprint density at radius 1 is 1.30 bits per heavy atom. The van der Waals surface area contributed by atoms with Gasteiger partial charge in [-0.15, -0.1) is 11.3 Å². The first-order valence-corrected chi connectivity index (χ1v) is 15.6. The average Bonchev–Trinajstić information content (AvgIpc) is 3.65. The number of non-ortho nitro benzene ring substituents is 1. The van der Waals surface area contributed by atoms with Gasteiger partial charge in [0.2, 0.25) is 0 Å². The molecular formula is C32H34N2O8S. The molecule has 0 radical (unpaired) electrons. The van der Waals surface area contributed by atoms with E-state index >= 15 is 0 Å². The third-order valence-electron chi connectivity index (χ3n) is 11.1. The summed E-state index contributed by atoms with van der Waals surface area (Å²) in [5, 5.41) is 33.9. The minimum absolute atomic E-state index is 0.0117. The Balaban J connectivity index is 1.18. The predicted molar refractivity (Wildman–Crippen MR) is 155 cm³/mol. The molecule has 11 heteroatoms. The number of hydrogen-bond acceptors (Lipinski definition) is 10. The number of Topliss-reactive ketones (excluding diaryl/α,β-unsaturated/α-hetero) is 1. The molecule has 4 fully saturated rings. The van der Waals surface area contributed by atoms with Gasteiger partial charge in [-0.25, -0.2) is 4.98 Å². The van der Waals surface area contributed by atoms with Crippen molar-refractivity contribution in [3.8, 4) is 0 Å². The second kappa shape index (κ2) is 9.97. The number of carbonyl (C=O) groups is 2. The number of thiazole rings is 1. The van der Waals surface area contributed by atoms with Gasteiger partial charge < -0.3 is 19.7 Å². The summed E-state index contributed by atoms with van der Waals surface area (Å²) < 4.78 is 13.1. The topological polar surface area (TPSA) is 149 Å². The Kier molecular flexibility index (Phi) is 6.64. The van der Waals surface area contributed by atoms with Crippen molar-refractivity contribution in [2.75, 3.05) is 6.61 Å². The van der Waals surface area contributed by atoms with E-state index in [1.165, 1.54) is 23.5 Å². The summed E-state index contributed by atoms with van der Waals surface area (Å²) in [5.74, 6) is -0.476. The summed E-state index contributed by atoms with van der Waals surface area (Å²) in [6.07, 6.45) is 7.52. The molecule has 5 aliphatic rings. The van der Waals surface area contributed by atoms with E-state index in [4.69, 9.17) is 9.47 Å². The van der Waals surface area contributed by atoms with E-state index in [1.54, 1.807) is 24.4 Å². The first kappa shape index (κ1) is 28.7. The molecule has 1 aromatic heterocycles. The van der Waals surface area contributed by atoms with Crippen LogP contribution in [0.3, 0.4) is 0 Å². The fourth-order valence-electron chi connectivity index (χ4n) is 9.28. The number of hydrogen-bond donors (Lipinski definition) is 2. The number of benzene rings is 1. The highest BCUT2D eigenvalue weighted by molar-refractivity contribution is 7.11. The van der Waals surface area contributed by atoms with Crippen LogP contribution >= 0.6 is 11.3 Å². The molecular weight excluding hydrogens is 572 g/mol. The number of nitrogens with zero attached hydrogens (tertiary/aromatic N) is 2. The van der Waals surface area contributed by atoms with Crippen LogP contribution < -0.4 is 0 Å². The van der Waals surface area contributed by atoms with Gasteiger partial charge in [0.15, 0.2) is 23.5 Å². The van der Waals surface area contributed by atoms with Gasteiger partial charge in [0.25, 0.3) is 5.69 Å². The summed E-state index contributed by atoms with van der Waals surface area (Å²) in [4.78, 5) is 41.8. The zero-order valence-corrected chi connectivity index (χ0v) is 24.8. The van der Waals surface area contributed by atoms with Crippen molar-refractivity contribution in [1.82, 2.24) is 4.98 Å². The number of rotatable bonds is 6. The normalized spacial score (nSPS) is 39.4. The van der Waals surface area contributed by atoms with Gasteiger partial charge in [-0.05, 0) is 55.2 Å². The number of nitro benzene ring substituents is 1. The molecule has 0 bridgehead atoms. The number of aromatic nitrogens is 1. The van der Waals surface area contributed by atoms with E-state index in [-0.39, 0.29) is 29.2 Å². The summed E-state index contributed by atoms with van der Waals surface area (Å²) in [6, 6.07) is 6.42. The molecule has 0 spiro atoms. The predicted octanol–water partition coefficient (Wildman–Crippen LogP) is 4.24. The van der Waals surface area contributed by atoms with Crippen LogP contribution in [0.1, 0.15) is 61.3 Å². The standard InChI is InChI=1S/C32H34N2O8S/c1-30-9-8-20(36)12-18(30)6-7-21-22-13-26-32(25(38)16-35,31(22,2)14-23(37)28(21)30)42-29(41-26)24-15-33-27(43-24)11-17-4-3-5-19(10-17)34(39)40/h3-5,8-10,12,15,21-23,26,28-29,35,37H,6-7,11,13-14,16H2,1-2H3/t21-,22-,23-,26+,28+,29-,30-,31-,32+/m0/s1. The van der Waals surface area contributed by atoms with Crippen LogP contribution in [-0.4, -0.2) is 56.1 Å². The van der Waals surface area contributed by atoms with Gasteiger partial charge in [-0.1, -0.05) is 37.6 Å². The number of nitro groups is 1. The maximum atomic E-state index is 13.7. The summed E-state index contributed by atoms with van der Waals surface area (Å²) in [6.45, 7) is 3.41. The fraction of sp³-hybridized carbons (Fsp3) is 0.531. The number of aliphatic hydroxyl groups is 2. The third-order valence-corrected chi connectivity index (χ3v) is 12.1. The highest BCUT2D eigenvalue weighted by atomic mass is 32.1. The maximum absolute atomic E-state index is 13.7. The molecule has 43 heavy (non-hydrogen) atoms. The minimum atomic E-state index is -1.43. The number of fused-ring (bicyclic) bond motifs is 7. The zero-order chi connectivity index (χ0) is 30.3. The van der Waals surface area contributed by atoms with E-state index in [2.05, 4.69) is 11.9 Å². The zero-order valence-electron chi connectivity index (χ0n) is 24.0. The van der Waals surface area contributed by atoms with Crippen LogP contribution in [0.2, 0.25) is 0 Å². The molecule has 4 aliphatic carbocycles. The van der Waals surface area contributed by atoms with Crippen molar-refractivity contribution in [1.29, 1.82) is 0 Å². The highest BCUT2D eigenvalue weighted by Crippen LogP contribution is 2.70. The molecule has 1 aliphatic heterocycles. The molecule has 2 N–H and O–H groups in total. The molecule has 1 saturated heterocycles. The van der Waals surface area contributed by atoms with Crippen molar-refractivity contribution in [2.24, 2.45) is 28.6 Å². The molecule has 9 atom stereocenters. The Hall–Kier alpha value is -3.09. The van der Waals surface area contributed by atoms with Crippen LogP contribution in [-0.2, 0) is 25.5 Å². The second-order valence-corrected chi connectivity index (χ2v) is 14.2. The van der Waals surface area contributed by atoms with Crippen molar-refractivity contribution < 1.29 is 34.2 Å². The van der Waals surface area contributed by atoms with Gasteiger partial charge in [-0.2, -0.15) is 0 Å². The first-order valence-electron chi connectivity index (χ1n) is 14.8. The van der Waals surface area contributed by atoms with Gasteiger partial charge >= 0.3 is 0 Å². The van der Waals surface area contributed by atoms with Crippen LogP contribution in [0.5, 0.6) is 0 Å². The molecule has 0 amide bonds. The first-order chi connectivity index (χ1) is 20.5. The van der Waals surface area contributed by atoms with Crippen molar-refractivity contribution >= 4 is 28.6 Å². The van der Waals surface area contributed by atoms with E-state index < -0.39 is 52.2 Å². The monoisotopic (exact) mass is 606 g/mol. The van der Waals surface area contributed by atoms with Gasteiger partial charge in [-0.3, -0.25) is 19.7 Å². The Morgan fingerprint density at radius 2 is 2.12 bits per heavy atom. The molecule has 2 heterocycles. The lowest BCUT2D eigenvalue weighted by molar-refractivity contribution is -0.384. The quantitative estimate of drug-likeness (QED) is 0.364. The van der Waals surface area contributed by atoms with Crippen LogP contribution in [0.15, 0.2) is 54.3 Å². The number of allylic oxidation sites excluding steroid dienone is 4. The minimum Gasteiger partial charge on any atom is -0.393 e. The summed E-state index contributed by atoms with van der Waals surface area (Å²) in [5.41, 5.74) is -0.823.